The Kier molecular flexibility index (Phi) is 4.29. The summed E-state index contributed by atoms with van der Waals surface area (Å²) in [6, 6.07) is 4.57. The Morgan fingerprint density at radius 3 is 2.53 bits per heavy atom. The van der Waals surface area contributed by atoms with E-state index in [1.54, 1.807) is 12.1 Å². The van der Waals surface area contributed by atoms with Crippen molar-refractivity contribution in [2.45, 2.75) is 12.3 Å². The largest absolute Gasteiger partial charge is 0.495 e. The molecule has 2 nitrogen and oxygen atoms in total. The number of alkyl halides is 2. The number of benzene rings is 1. The first-order chi connectivity index (χ1) is 7.10. The highest BCUT2D eigenvalue weighted by Gasteiger charge is 2.21. The van der Waals surface area contributed by atoms with Gasteiger partial charge in [-0.2, -0.15) is 0 Å². The van der Waals surface area contributed by atoms with Crippen LogP contribution in [-0.2, 0) is 0 Å². The predicted octanol–water partition coefficient (Wildman–Crippen LogP) is 2.66. The van der Waals surface area contributed by atoms with Gasteiger partial charge in [-0.05, 0) is 17.7 Å². The van der Waals surface area contributed by atoms with Gasteiger partial charge in [0.05, 0.1) is 18.1 Å². The number of halogens is 3. The van der Waals surface area contributed by atoms with E-state index < -0.39 is 12.3 Å². The van der Waals surface area contributed by atoms with Crippen molar-refractivity contribution in [1.29, 1.82) is 0 Å². The SMILES string of the molecule is COc1ccc(C(CN)C(F)F)cc1Cl. The van der Waals surface area contributed by atoms with Gasteiger partial charge in [-0.15, -0.1) is 0 Å². The Balaban J connectivity index is 3.00. The zero-order valence-corrected chi connectivity index (χ0v) is 8.97. The fraction of sp³-hybridized carbons (Fsp3) is 0.400. The van der Waals surface area contributed by atoms with Gasteiger partial charge in [0.1, 0.15) is 5.75 Å². The smallest absolute Gasteiger partial charge is 0.246 e. The molecule has 2 N–H and O–H groups in total. The lowest BCUT2D eigenvalue weighted by Gasteiger charge is -2.15. The number of hydrogen-bond donors (Lipinski definition) is 1. The first kappa shape index (κ1) is 12.2. The molecule has 0 fully saturated rings. The molecule has 0 aliphatic carbocycles. The van der Waals surface area contributed by atoms with Crippen LogP contribution in [0, 0.1) is 0 Å². The lowest BCUT2D eigenvalue weighted by Crippen LogP contribution is -2.19. The maximum atomic E-state index is 12.5. The van der Waals surface area contributed by atoms with Gasteiger partial charge in [-0.25, -0.2) is 8.78 Å². The van der Waals surface area contributed by atoms with E-state index in [1.807, 2.05) is 0 Å². The lowest BCUT2D eigenvalue weighted by atomic mass is 10.00. The zero-order valence-electron chi connectivity index (χ0n) is 8.21. The van der Waals surface area contributed by atoms with Crippen LogP contribution in [0.15, 0.2) is 18.2 Å². The van der Waals surface area contributed by atoms with Crippen molar-refractivity contribution >= 4 is 11.6 Å². The topological polar surface area (TPSA) is 35.2 Å². The van der Waals surface area contributed by atoms with Crippen molar-refractivity contribution in [3.05, 3.63) is 28.8 Å². The average molecular weight is 236 g/mol. The summed E-state index contributed by atoms with van der Waals surface area (Å²) in [5, 5.41) is 0.314. The predicted molar refractivity (Wildman–Crippen MR) is 55.8 cm³/mol. The van der Waals surface area contributed by atoms with Gasteiger partial charge in [0.15, 0.2) is 0 Å². The minimum atomic E-state index is -2.49. The third-order valence-corrected chi connectivity index (χ3v) is 2.46. The molecule has 84 valence electrons. The number of hydrogen-bond acceptors (Lipinski definition) is 2. The maximum Gasteiger partial charge on any atom is 0.246 e. The van der Waals surface area contributed by atoms with Gasteiger partial charge in [0.25, 0.3) is 0 Å². The van der Waals surface area contributed by atoms with Crippen LogP contribution >= 0.6 is 11.6 Å². The molecule has 0 heterocycles. The van der Waals surface area contributed by atoms with Crippen LogP contribution in [0.4, 0.5) is 8.78 Å². The zero-order chi connectivity index (χ0) is 11.4. The third kappa shape index (κ3) is 2.79. The summed E-state index contributed by atoms with van der Waals surface area (Å²) in [7, 11) is 1.47. The minimum Gasteiger partial charge on any atom is -0.495 e. The van der Waals surface area contributed by atoms with Crippen molar-refractivity contribution in [2.75, 3.05) is 13.7 Å². The molecule has 0 saturated heterocycles. The van der Waals surface area contributed by atoms with E-state index >= 15 is 0 Å². The minimum absolute atomic E-state index is 0.111. The van der Waals surface area contributed by atoms with Crippen molar-refractivity contribution in [2.24, 2.45) is 5.73 Å². The maximum absolute atomic E-state index is 12.5. The quantitative estimate of drug-likeness (QED) is 0.871. The number of ether oxygens (including phenoxy) is 1. The van der Waals surface area contributed by atoms with Crippen LogP contribution in [0.2, 0.25) is 5.02 Å². The molecule has 0 amide bonds. The summed E-state index contributed by atoms with van der Waals surface area (Å²) in [4.78, 5) is 0. The lowest BCUT2D eigenvalue weighted by molar-refractivity contribution is 0.117. The molecule has 0 radical (unpaired) electrons. The fourth-order valence-electron chi connectivity index (χ4n) is 1.30. The Hall–Kier alpha value is -0.870. The Labute approximate surface area is 92.0 Å². The van der Waals surface area contributed by atoms with Crippen LogP contribution in [0.25, 0.3) is 0 Å². The van der Waals surface area contributed by atoms with Crippen LogP contribution in [0.5, 0.6) is 5.75 Å². The molecule has 1 rings (SSSR count). The fourth-order valence-corrected chi connectivity index (χ4v) is 1.56. The highest BCUT2D eigenvalue weighted by molar-refractivity contribution is 6.32. The molecule has 15 heavy (non-hydrogen) atoms. The van der Waals surface area contributed by atoms with E-state index in [9.17, 15) is 8.78 Å². The van der Waals surface area contributed by atoms with Crippen molar-refractivity contribution < 1.29 is 13.5 Å². The van der Waals surface area contributed by atoms with Crippen molar-refractivity contribution in [3.8, 4) is 5.75 Å². The highest BCUT2D eigenvalue weighted by Crippen LogP contribution is 2.30. The van der Waals surface area contributed by atoms with Gasteiger partial charge in [0, 0.05) is 6.54 Å². The van der Waals surface area contributed by atoms with Crippen LogP contribution < -0.4 is 10.5 Å². The molecular weight excluding hydrogens is 224 g/mol. The summed E-state index contributed by atoms with van der Waals surface area (Å²) in [6.07, 6.45) is -2.49. The van der Waals surface area contributed by atoms with E-state index in [0.717, 1.165) is 0 Å². The number of methoxy groups -OCH3 is 1. The molecule has 1 atom stereocenters. The second-order valence-corrected chi connectivity index (χ2v) is 3.48. The van der Waals surface area contributed by atoms with Crippen LogP contribution in [0.3, 0.4) is 0 Å². The molecule has 0 aliphatic rings. The van der Waals surface area contributed by atoms with E-state index in [1.165, 1.54) is 13.2 Å². The summed E-state index contributed by atoms with van der Waals surface area (Å²) < 4.78 is 30.0. The van der Waals surface area contributed by atoms with E-state index in [4.69, 9.17) is 22.1 Å². The van der Waals surface area contributed by atoms with Crippen LogP contribution in [0.1, 0.15) is 11.5 Å². The average Bonchev–Trinajstić information content (AvgIpc) is 2.18. The molecular formula is C10H12ClF2NO. The first-order valence-electron chi connectivity index (χ1n) is 4.41. The van der Waals surface area contributed by atoms with E-state index in [2.05, 4.69) is 0 Å². The Morgan fingerprint density at radius 2 is 2.13 bits per heavy atom. The highest BCUT2D eigenvalue weighted by atomic mass is 35.5. The van der Waals surface area contributed by atoms with Crippen molar-refractivity contribution in [1.82, 2.24) is 0 Å². The normalized spacial score (nSPS) is 12.9. The van der Waals surface area contributed by atoms with E-state index in [-0.39, 0.29) is 6.54 Å². The standard InChI is InChI=1S/C10H12ClF2NO/c1-15-9-3-2-6(4-8(9)11)7(5-14)10(12)13/h2-4,7,10H,5,14H2,1H3. The van der Waals surface area contributed by atoms with E-state index in [0.29, 0.717) is 16.3 Å². The Morgan fingerprint density at radius 1 is 1.47 bits per heavy atom. The summed E-state index contributed by atoms with van der Waals surface area (Å²) in [5.41, 5.74) is 5.70. The number of nitrogens with two attached hydrogens (primary N) is 1. The second-order valence-electron chi connectivity index (χ2n) is 3.07. The second kappa shape index (κ2) is 5.28. The molecule has 1 unspecified atom stereocenters. The van der Waals surface area contributed by atoms with Gasteiger partial charge in [-0.3, -0.25) is 0 Å². The summed E-state index contributed by atoms with van der Waals surface area (Å²) in [6.45, 7) is -0.111. The van der Waals surface area contributed by atoms with Gasteiger partial charge in [0.2, 0.25) is 6.43 Å². The van der Waals surface area contributed by atoms with Crippen molar-refractivity contribution in [3.63, 3.8) is 0 Å². The molecule has 0 aliphatic heterocycles. The molecule has 0 aromatic heterocycles. The molecule has 0 bridgehead atoms. The molecule has 1 aromatic carbocycles. The van der Waals surface area contributed by atoms with Crippen LogP contribution in [-0.4, -0.2) is 20.1 Å². The first-order valence-corrected chi connectivity index (χ1v) is 4.79. The Bertz CT molecular complexity index is 333. The molecule has 1 aromatic rings. The summed E-state index contributed by atoms with van der Waals surface area (Å²) in [5.74, 6) is -0.515. The monoisotopic (exact) mass is 235 g/mol. The van der Waals surface area contributed by atoms with Gasteiger partial charge >= 0.3 is 0 Å². The third-order valence-electron chi connectivity index (χ3n) is 2.16. The summed E-state index contributed by atoms with van der Waals surface area (Å²) >= 11 is 5.82. The van der Waals surface area contributed by atoms with Gasteiger partial charge in [-0.1, -0.05) is 17.7 Å². The number of rotatable bonds is 4. The molecule has 0 saturated carbocycles. The molecule has 0 spiro atoms. The van der Waals surface area contributed by atoms with Gasteiger partial charge < -0.3 is 10.5 Å². The molecule has 5 heteroatoms.